The van der Waals surface area contributed by atoms with E-state index in [0.29, 0.717) is 0 Å². The Morgan fingerprint density at radius 1 is 0.850 bits per heavy atom. The number of rotatable bonds is 9. The first-order chi connectivity index (χ1) is 9.59. The summed E-state index contributed by atoms with van der Waals surface area (Å²) in [6.07, 6.45) is 1.56. The van der Waals surface area contributed by atoms with Crippen LogP contribution in [0.25, 0.3) is 0 Å². The summed E-state index contributed by atoms with van der Waals surface area (Å²) in [5, 5.41) is 3.89. The number of aromatic nitrogens is 2. The Morgan fingerprint density at radius 3 is 1.50 bits per heavy atom. The maximum atomic E-state index is 5.55. The maximum absolute atomic E-state index is 5.55. The van der Waals surface area contributed by atoms with Crippen molar-refractivity contribution in [3.8, 4) is 0 Å². The van der Waals surface area contributed by atoms with Crippen molar-refractivity contribution in [2.24, 2.45) is 0 Å². The van der Waals surface area contributed by atoms with Crippen LogP contribution in [0, 0.1) is 0 Å². The molecule has 0 unspecified atom stereocenters. The van der Waals surface area contributed by atoms with E-state index < -0.39 is 16.5 Å². The molecule has 0 atom stereocenters. The summed E-state index contributed by atoms with van der Waals surface area (Å²) in [5.74, 6) is 0. The molecular formula is C14H31N3OSi2. The fourth-order valence-corrected chi connectivity index (χ4v) is 16.4. The average molecular weight is 314 g/mol. The minimum atomic E-state index is -1.55. The van der Waals surface area contributed by atoms with Crippen molar-refractivity contribution in [1.82, 2.24) is 10.1 Å². The minimum absolute atomic E-state index is 0.805. The van der Waals surface area contributed by atoms with Crippen LogP contribution in [-0.2, 0) is 0 Å². The molecule has 0 amide bonds. The van der Waals surface area contributed by atoms with Gasteiger partial charge in [-0.05, 0) is 36.3 Å². The molecule has 0 aliphatic carbocycles. The molecule has 0 saturated heterocycles. The summed E-state index contributed by atoms with van der Waals surface area (Å²) in [5.41, 5.74) is 0. The predicted molar refractivity (Wildman–Crippen MR) is 91.2 cm³/mol. The second-order valence-electron chi connectivity index (χ2n) is 5.63. The van der Waals surface area contributed by atoms with Gasteiger partial charge in [0.05, 0.1) is 0 Å². The lowest BCUT2D eigenvalue weighted by Gasteiger charge is -2.51. The van der Waals surface area contributed by atoms with E-state index in [1.807, 2.05) is 0 Å². The van der Waals surface area contributed by atoms with E-state index in [0.717, 1.165) is 6.01 Å². The van der Waals surface area contributed by atoms with Gasteiger partial charge >= 0.3 is 6.01 Å². The van der Waals surface area contributed by atoms with Crippen LogP contribution in [0.1, 0.15) is 41.5 Å². The summed E-state index contributed by atoms with van der Waals surface area (Å²) in [6.45, 7) is 14.1. The zero-order chi connectivity index (χ0) is 15.2. The fraction of sp³-hybridized carbons (Fsp3) is 0.857. The lowest BCUT2D eigenvalue weighted by molar-refractivity contribution is 0.427. The van der Waals surface area contributed by atoms with E-state index in [1.165, 1.54) is 36.3 Å². The second kappa shape index (κ2) is 7.40. The normalized spacial score (nSPS) is 12.7. The Hall–Kier alpha value is -0.626. The Bertz CT molecular complexity index is 339. The molecule has 0 aromatic carbocycles. The molecule has 20 heavy (non-hydrogen) atoms. The van der Waals surface area contributed by atoms with Gasteiger partial charge in [0.2, 0.25) is 0 Å². The smallest absolute Gasteiger partial charge is 0.307 e. The predicted octanol–water partition coefficient (Wildman–Crippen LogP) is 4.89. The van der Waals surface area contributed by atoms with Crippen LogP contribution in [0.15, 0.2) is 10.9 Å². The van der Waals surface area contributed by atoms with Gasteiger partial charge in [-0.15, -0.1) is 0 Å². The van der Waals surface area contributed by atoms with Crippen molar-refractivity contribution >= 4 is 22.5 Å². The number of nitrogens with zero attached hydrogens (tertiary/aromatic N) is 3. The molecule has 116 valence electrons. The van der Waals surface area contributed by atoms with Crippen molar-refractivity contribution < 1.29 is 4.52 Å². The standard InChI is InChI=1S/C14H31N3OSi2/c1-7-19(8-2,9-3)17(14-15-13-16-18-14)20(10-4,11-5)12-6/h13H,7-12H2,1-6H3. The summed E-state index contributed by atoms with van der Waals surface area (Å²) in [7, 11) is -3.10. The quantitative estimate of drug-likeness (QED) is 0.609. The minimum Gasteiger partial charge on any atom is -0.377 e. The van der Waals surface area contributed by atoms with Gasteiger partial charge in [-0.3, -0.25) is 0 Å². The van der Waals surface area contributed by atoms with Gasteiger partial charge in [0, 0.05) is 0 Å². The summed E-state index contributed by atoms with van der Waals surface area (Å²) in [6, 6.07) is 8.37. The molecule has 1 aromatic rings. The van der Waals surface area contributed by atoms with Gasteiger partial charge in [0.1, 0.15) is 0 Å². The van der Waals surface area contributed by atoms with Crippen LogP contribution in [0.5, 0.6) is 0 Å². The van der Waals surface area contributed by atoms with E-state index >= 15 is 0 Å². The van der Waals surface area contributed by atoms with Crippen molar-refractivity contribution in [3.63, 3.8) is 0 Å². The molecule has 1 aromatic heterocycles. The number of anilines is 1. The first-order valence-electron chi connectivity index (χ1n) is 8.16. The fourth-order valence-electron chi connectivity index (χ4n) is 3.62. The molecule has 0 N–H and O–H groups in total. The highest BCUT2D eigenvalue weighted by molar-refractivity contribution is 7.02. The third-order valence-corrected chi connectivity index (χ3v) is 18.5. The molecule has 0 saturated carbocycles. The van der Waals surface area contributed by atoms with Crippen molar-refractivity contribution in [2.45, 2.75) is 77.8 Å². The lowest BCUT2D eigenvalue weighted by Crippen LogP contribution is -2.66. The van der Waals surface area contributed by atoms with Gasteiger partial charge in [0.25, 0.3) is 0 Å². The highest BCUT2D eigenvalue weighted by atomic mass is 28.4. The molecule has 0 bridgehead atoms. The topological polar surface area (TPSA) is 42.2 Å². The summed E-state index contributed by atoms with van der Waals surface area (Å²) >= 11 is 0. The molecule has 4 nitrogen and oxygen atoms in total. The highest BCUT2D eigenvalue weighted by Gasteiger charge is 2.48. The van der Waals surface area contributed by atoms with Crippen molar-refractivity contribution in [1.29, 1.82) is 0 Å². The highest BCUT2D eigenvalue weighted by Crippen LogP contribution is 2.38. The zero-order valence-electron chi connectivity index (χ0n) is 14.1. The van der Waals surface area contributed by atoms with Gasteiger partial charge in [-0.25, -0.2) is 0 Å². The summed E-state index contributed by atoms with van der Waals surface area (Å²) < 4.78 is 8.28. The van der Waals surface area contributed by atoms with Crippen LogP contribution in [0.4, 0.5) is 6.01 Å². The van der Waals surface area contributed by atoms with E-state index in [-0.39, 0.29) is 0 Å². The van der Waals surface area contributed by atoms with E-state index in [4.69, 9.17) is 4.52 Å². The Morgan fingerprint density at radius 2 is 1.25 bits per heavy atom. The van der Waals surface area contributed by atoms with Crippen molar-refractivity contribution in [3.05, 3.63) is 6.33 Å². The molecule has 0 fully saturated rings. The monoisotopic (exact) mass is 313 g/mol. The van der Waals surface area contributed by atoms with Crippen LogP contribution in [-0.4, -0.2) is 26.6 Å². The van der Waals surface area contributed by atoms with Crippen LogP contribution < -0.4 is 4.23 Å². The molecule has 0 aliphatic rings. The second-order valence-corrected chi connectivity index (χ2v) is 16.1. The molecule has 0 spiro atoms. The SMILES string of the molecule is CC[Si](CC)(CC)N(c1ncno1)[Si](CC)(CC)CC. The first-order valence-corrected chi connectivity index (χ1v) is 13.3. The van der Waals surface area contributed by atoms with Gasteiger partial charge in [-0.1, -0.05) is 46.7 Å². The molecule has 1 rings (SSSR count). The summed E-state index contributed by atoms with van der Waals surface area (Å²) in [4.78, 5) is 4.45. The van der Waals surface area contributed by atoms with Crippen LogP contribution in [0.2, 0.25) is 36.3 Å². The van der Waals surface area contributed by atoms with Gasteiger partial charge < -0.3 is 8.75 Å². The Labute approximate surface area is 126 Å². The zero-order valence-corrected chi connectivity index (χ0v) is 16.1. The lowest BCUT2D eigenvalue weighted by atomic mass is 10.9. The largest absolute Gasteiger partial charge is 0.377 e. The molecule has 0 radical (unpaired) electrons. The Kier molecular flexibility index (Phi) is 6.45. The Balaban J connectivity index is 3.42. The van der Waals surface area contributed by atoms with E-state index in [1.54, 1.807) is 6.33 Å². The van der Waals surface area contributed by atoms with E-state index in [2.05, 4.69) is 55.9 Å². The number of hydrogen-bond acceptors (Lipinski definition) is 4. The maximum Gasteiger partial charge on any atom is 0.307 e. The molecule has 1 heterocycles. The third kappa shape index (κ3) is 2.86. The van der Waals surface area contributed by atoms with Gasteiger partial charge in [0.15, 0.2) is 22.8 Å². The van der Waals surface area contributed by atoms with Crippen LogP contribution >= 0.6 is 0 Å². The molecule has 6 heteroatoms. The average Bonchev–Trinajstić information content (AvgIpc) is 3.02. The third-order valence-electron chi connectivity index (χ3n) is 5.44. The van der Waals surface area contributed by atoms with Gasteiger partial charge in [-0.2, -0.15) is 4.98 Å². The van der Waals surface area contributed by atoms with Crippen molar-refractivity contribution in [2.75, 3.05) is 4.23 Å². The van der Waals surface area contributed by atoms with Crippen LogP contribution in [0.3, 0.4) is 0 Å². The number of hydrogen-bond donors (Lipinski definition) is 0. The molecular weight excluding hydrogens is 282 g/mol. The molecule has 0 aliphatic heterocycles. The first kappa shape index (κ1) is 17.4. The van der Waals surface area contributed by atoms with E-state index in [9.17, 15) is 0 Å².